The van der Waals surface area contributed by atoms with E-state index in [9.17, 15) is 4.79 Å². The first-order chi connectivity index (χ1) is 14.7. The maximum atomic E-state index is 12.6. The molecule has 1 aromatic heterocycles. The van der Waals surface area contributed by atoms with Gasteiger partial charge in [-0.2, -0.15) is 0 Å². The molecular formula is C24H24N2O4. The van der Waals surface area contributed by atoms with Crippen molar-refractivity contribution in [3.63, 3.8) is 0 Å². The Hall–Kier alpha value is -3.54. The molecule has 1 amide bonds. The molecule has 1 N–H and O–H groups in total. The molecule has 1 aliphatic rings. The number of carbonyl (C=O) groups excluding carboxylic acids is 1. The maximum Gasteiger partial charge on any atom is 0.255 e. The molecule has 0 spiro atoms. The summed E-state index contributed by atoms with van der Waals surface area (Å²) in [6, 6.07) is 16.3. The van der Waals surface area contributed by atoms with E-state index in [4.69, 9.17) is 14.2 Å². The molecule has 1 fully saturated rings. The van der Waals surface area contributed by atoms with Crippen molar-refractivity contribution in [3.8, 4) is 17.2 Å². The third-order valence-corrected chi connectivity index (χ3v) is 4.86. The molecule has 0 aliphatic heterocycles. The number of hydrogen-bond acceptors (Lipinski definition) is 5. The number of anilines is 1. The van der Waals surface area contributed by atoms with Crippen molar-refractivity contribution in [3.05, 3.63) is 78.1 Å². The molecule has 2 aromatic carbocycles. The zero-order valence-electron chi connectivity index (χ0n) is 16.8. The summed E-state index contributed by atoms with van der Waals surface area (Å²) in [6.45, 7) is 1.12. The third kappa shape index (κ3) is 5.29. The monoisotopic (exact) mass is 404 g/mol. The van der Waals surface area contributed by atoms with Gasteiger partial charge in [0.05, 0.1) is 13.7 Å². The van der Waals surface area contributed by atoms with Crippen LogP contribution < -0.4 is 19.5 Å². The fraction of sp³-hybridized carbons (Fsp3) is 0.250. The molecule has 0 atom stereocenters. The molecular weight excluding hydrogens is 380 g/mol. The van der Waals surface area contributed by atoms with Crippen LogP contribution in [0.3, 0.4) is 0 Å². The Morgan fingerprint density at radius 3 is 2.47 bits per heavy atom. The second-order valence-corrected chi connectivity index (χ2v) is 7.24. The van der Waals surface area contributed by atoms with Crippen LogP contribution in [0.15, 0.2) is 67.0 Å². The van der Waals surface area contributed by atoms with Gasteiger partial charge >= 0.3 is 0 Å². The van der Waals surface area contributed by atoms with Crippen molar-refractivity contribution in [2.45, 2.75) is 19.4 Å². The lowest BCUT2D eigenvalue weighted by molar-refractivity contribution is 0.102. The minimum Gasteiger partial charge on any atom is -0.493 e. The average Bonchev–Trinajstić information content (AvgIpc) is 3.62. The van der Waals surface area contributed by atoms with Crippen LogP contribution >= 0.6 is 0 Å². The van der Waals surface area contributed by atoms with Crippen LogP contribution in [0.1, 0.15) is 28.8 Å². The summed E-state index contributed by atoms with van der Waals surface area (Å²) in [5.74, 6) is 2.43. The van der Waals surface area contributed by atoms with Crippen LogP contribution in [0, 0.1) is 5.92 Å². The molecule has 1 saturated carbocycles. The van der Waals surface area contributed by atoms with Gasteiger partial charge in [0.1, 0.15) is 12.4 Å². The van der Waals surface area contributed by atoms with E-state index >= 15 is 0 Å². The first-order valence-electron chi connectivity index (χ1n) is 9.95. The molecule has 0 saturated heterocycles. The van der Waals surface area contributed by atoms with Crippen LogP contribution in [-0.4, -0.2) is 24.6 Å². The Bertz CT molecular complexity index is 986. The van der Waals surface area contributed by atoms with Crippen LogP contribution in [-0.2, 0) is 6.61 Å². The standard InChI is InChI=1S/C24H24N2O4/c1-28-22-9-6-20(14-23(22)30-16-18-10-12-25-13-11-18)26-24(27)19-4-7-21(8-5-19)29-15-17-2-3-17/h4-14,17H,2-3,15-16H2,1H3,(H,26,27). The van der Waals surface area contributed by atoms with Crippen molar-refractivity contribution in [2.24, 2.45) is 5.92 Å². The van der Waals surface area contributed by atoms with E-state index in [0.717, 1.165) is 17.9 Å². The van der Waals surface area contributed by atoms with Gasteiger partial charge in [0.25, 0.3) is 5.91 Å². The Morgan fingerprint density at radius 1 is 1.00 bits per heavy atom. The number of pyridine rings is 1. The summed E-state index contributed by atoms with van der Waals surface area (Å²) in [6.07, 6.45) is 5.93. The first-order valence-corrected chi connectivity index (χ1v) is 9.95. The zero-order valence-corrected chi connectivity index (χ0v) is 16.8. The molecule has 4 rings (SSSR count). The molecule has 0 bridgehead atoms. The first kappa shape index (κ1) is 19.8. The summed E-state index contributed by atoms with van der Waals surface area (Å²) >= 11 is 0. The van der Waals surface area contributed by atoms with Gasteiger partial charge in [-0.1, -0.05) is 0 Å². The minimum atomic E-state index is -0.200. The predicted molar refractivity (Wildman–Crippen MR) is 114 cm³/mol. The normalized spacial score (nSPS) is 12.8. The fourth-order valence-corrected chi connectivity index (χ4v) is 2.91. The summed E-state index contributed by atoms with van der Waals surface area (Å²) in [4.78, 5) is 16.6. The summed E-state index contributed by atoms with van der Waals surface area (Å²) in [5.41, 5.74) is 2.17. The highest BCUT2D eigenvalue weighted by Gasteiger charge is 2.21. The Morgan fingerprint density at radius 2 is 1.77 bits per heavy atom. The highest BCUT2D eigenvalue weighted by Crippen LogP contribution is 2.31. The second kappa shape index (κ2) is 9.31. The van der Waals surface area contributed by atoms with Crippen LogP contribution in [0.5, 0.6) is 17.2 Å². The number of amides is 1. The number of rotatable bonds is 9. The smallest absolute Gasteiger partial charge is 0.255 e. The molecule has 154 valence electrons. The Balaban J connectivity index is 1.39. The topological polar surface area (TPSA) is 69.7 Å². The van der Waals surface area contributed by atoms with Crippen molar-refractivity contribution >= 4 is 11.6 Å². The molecule has 3 aromatic rings. The molecule has 0 radical (unpaired) electrons. The second-order valence-electron chi connectivity index (χ2n) is 7.24. The van der Waals surface area contributed by atoms with Gasteiger partial charge in [0, 0.05) is 29.7 Å². The Kier molecular flexibility index (Phi) is 6.13. The number of nitrogens with one attached hydrogen (secondary N) is 1. The van der Waals surface area contributed by atoms with Crippen molar-refractivity contribution in [1.29, 1.82) is 0 Å². The molecule has 6 heteroatoms. The zero-order chi connectivity index (χ0) is 20.8. The number of nitrogens with zero attached hydrogens (tertiary/aromatic N) is 1. The van der Waals surface area contributed by atoms with E-state index in [1.165, 1.54) is 12.8 Å². The number of ether oxygens (including phenoxy) is 3. The van der Waals surface area contributed by atoms with Gasteiger partial charge in [0.15, 0.2) is 11.5 Å². The highest BCUT2D eigenvalue weighted by atomic mass is 16.5. The molecule has 6 nitrogen and oxygen atoms in total. The quantitative estimate of drug-likeness (QED) is 0.559. The number of methoxy groups -OCH3 is 1. The number of carbonyl (C=O) groups is 1. The van der Waals surface area contributed by atoms with Gasteiger partial charge in [-0.25, -0.2) is 0 Å². The fourth-order valence-electron chi connectivity index (χ4n) is 2.91. The van der Waals surface area contributed by atoms with Crippen molar-refractivity contribution in [1.82, 2.24) is 4.98 Å². The van der Waals surface area contributed by atoms with Crippen molar-refractivity contribution in [2.75, 3.05) is 19.0 Å². The SMILES string of the molecule is COc1ccc(NC(=O)c2ccc(OCC3CC3)cc2)cc1OCc1ccncc1. The number of aromatic nitrogens is 1. The van der Waals surface area contributed by atoms with Crippen molar-refractivity contribution < 1.29 is 19.0 Å². The predicted octanol–water partition coefficient (Wildman–Crippen LogP) is 4.71. The minimum absolute atomic E-state index is 0.200. The van der Waals surface area contributed by atoms with Gasteiger partial charge in [-0.05, 0) is 72.9 Å². The number of benzene rings is 2. The lowest BCUT2D eigenvalue weighted by Crippen LogP contribution is -2.12. The lowest BCUT2D eigenvalue weighted by atomic mass is 10.2. The van der Waals surface area contributed by atoms with Crippen LogP contribution in [0.2, 0.25) is 0 Å². The van der Waals surface area contributed by atoms with E-state index in [1.807, 2.05) is 24.3 Å². The Labute approximate surface area is 175 Å². The van der Waals surface area contributed by atoms with E-state index in [1.54, 1.807) is 49.8 Å². The highest BCUT2D eigenvalue weighted by molar-refractivity contribution is 6.04. The van der Waals surface area contributed by atoms with Gasteiger partial charge in [-0.15, -0.1) is 0 Å². The van der Waals surface area contributed by atoms with Gasteiger partial charge in [-0.3, -0.25) is 9.78 Å². The van der Waals surface area contributed by atoms with E-state index in [2.05, 4.69) is 10.3 Å². The van der Waals surface area contributed by atoms with E-state index in [0.29, 0.717) is 35.3 Å². The maximum absolute atomic E-state index is 12.6. The summed E-state index contributed by atoms with van der Waals surface area (Å²) in [7, 11) is 1.58. The van der Waals surface area contributed by atoms with Crippen LogP contribution in [0.25, 0.3) is 0 Å². The van der Waals surface area contributed by atoms with E-state index < -0.39 is 0 Å². The molecule has 0 unspecified atom stereocenters. The molecule has 30 heavy (non-hydrogen) atoms. The number of hydrogen-bond donors (Lipinski definition) is 1. The molecule has 1 heterocycles. The lowest BCUT2D eigenvalue weighted by Gasteiger charge is -2.13. The summed E-state index contributed by atoms with van der Waals surface area (Å²) < 4.78 is 17.0. The third-order valence-electron chi connectivity index (χ3n) is 4.86. The largest absolute Gasteiger partial charge is 0.493 e. The average molecular weight is 404 g/mol. The summed E-state index contributed by atoms with van der Waals surface area (Å²) in [5, 5.41) is 2.90. The molecule has 1 aliphatic carbocycles. The van der Waals surface area contributed by atoms with E-state index in [-0.39, 0.29) is 5.91 Å². The van der Waals surface area contributed by atoms with Gasteiger partial charge in [0.2, 0.25) is 0 Å². The van der Waals surface area contributed by atoms with Crippen LogP contribution in [0.4, 0.5) is 5.69 Å². The van der Waals surface area contributed by atoms with Gasteiger partial charge < -0.3 is 19.5 Å².